The molecule has 0 radical (unpaired) electrons. The molecular formula is C20H19N5O3S. The van der Waals surface area contributed by atoms with Crippen molar-refractivity contribution >= 4 is 22.1 Å². The number of methoxy groups -OCH3 is 1. The van der Waals surface area contributed by atoms with Crippen LogP contribution in [0, 0.1) is 0 Å². The van der Waals surface area contributed by atoms with Crippen molar-refractivity contribution in [1.82, 2.24) is 24.4 Å². The van der Waals surface area contributed by atoms with E-state index in [0.717, 1.165) is 28.9 Å². The van der Waals surface area contributed by atoms with Gasteiger partial charge in [-0.1, -0.05) is 17.3 Å². The highest BCUT2D eigenvalue weighted by Gasteiger charge is 2.33. The van der Waals surface area contributed by atoms with Crippen molar-refractivity contribution in [1.29, 1.82) is 0 Å². The van der Waals surface area contributed by atoms with Gasteiger partial charge in [0.05, 0.1) is 37.3 Å². The van der Waals surface area contributed by atoms with Crippen molar-refractivity contribution in [2.45, 2.75) is 31.4 Å². The normalized spacial score (nSPS) is 15.0. The Morgan fingerprint density at radius 1 is 1.34 bits per heavy atom. The van der Waals surface area contributed by atoms with Gasteiger partial charge >= 0.3 is 5.97 Å². The maximum atomic E-state index is 11.5. The number of carbonyl (C=O) groups excluding carboxylic acids is 1. The van der Waals surface area contributed by atoms with Gasteiger partial charge in [-0.2, -0.15) is 0 Å². The lowest BCUT2D eigenvalue weighted by atomic mass is 10.1. The molecule has 0 aliphatic heterocycles. The molecule has 1 atom stereocenters. The predicted molar refractivity (Wildman–Crippen MR) is 106 cm³/mol. The standard InChI is InChI=1S/C20H19N5O3S/c1-28-20(27)14-4-2-12(3-5-14)9-24-10-15(22-23-24)18(26)17-19(13-6-7-13)29-16-8-21-11-25(16)17/h2-5,8,10-11,13,18,26H,6-7,9H2,1H3. The Balaban J connectivity index is 1.38. The zero-order valence-electron chi connectivity index (χ0n) is 15.7. The fourth-order valence-corrected chi connectivity index (χ4v) is 4.73. The Bertz CT molecular complexity index is 1170. The lowest BCUT2D eigenvalue weighted by molar-refractivity contribution is 0.0600. The van der Waals surface area contributed by atoms with Crippen molar-refractivity contribution in [3.63, 3.8) is 0 Å². The van der Waals surface area contributed by atoms with E-state index in [1.807, 2.05) is 22.7 Å². The number of rotatable bonds is 6. The van der Waals surface area contributed by atoms with Crippen LogP contribution in [0.25, 0.3) is 4.83 Å². The first-order chi connectivity index (χ1) is 14.1. The fourth-order valence-electron chi connectivity index (χ4n) is 3.43. The number of hydrogen-bond donors (Lipinski definition) is 1. The van der Waals surface area contributed by atoms with Crippen molar-refractivity contribution in [3.05, 3.63) is 70.4 Å². The molecule has 1 fully saturated rings. The average molecular weight is 409 g/mol. The molecule has 29 heavy (non-hydrogen) atoms. The number of ether oxygens (including phenoxy) is 1. The van der Waals surface area contributed by atoms with E-state index in [1.165, 1.54) is 12.0 Å². The molecule has 3 aromatic heterocycles. The summed E-state index contributed by atoms with van der Waals surface area (Å²) >= 11 is 1.69. The third-order valence-corrected chi connectivity index (χ3v) is 6.37. The SMILES string of the molecule is COC(=O)c1ccc(Cn2cc(C(O)c3c(C4CC4)sc4cncn34)nn2)cc1. The number of benzene rings is 1. The summed E-state index contributed by atoms with van der Waals surface area (Å²) < 4.78 is 8.35. The van der Waals surface area contributed by atoms with Crippen LogP contribution in [0.4, 0.5) is 0 Å². The number of aromatic nitrogens is 5. The van der Waals surface area contributed by atoms with Gasteiger partial charge in [0.2, 0.25) is 0 Å². The summed E-state index contributed by atoms with van der Waals surface area (Å²) in [5, 5.41) is 19.4. The molecule has 1 aliphatic carbocycles. The Labute approximate surface area is 170 Å². The van der Waals surface area contributed by atoms with Crippen molar-refractivity contribution in [2.24, 2.45) is 0 Å². The van der Waals surface area contributed by atoms with Crippen molar-refractivity contribution in [2.75, 3.05) is 7.11 Å². The number of hydrogen-bond acceptors (Lipinski definition) is 7. The van der Waals surface area contributed by atoms with Crippen LogP contribution >= 0.6 is 11.3 Å². The Hall–Kier alpha value is -3.04. The van der Waals surface area contributed by atoms with E-state index in [0.29, 0.717) is 23.7 Å². The van der Waals surface area contributed by atoms with Crippen LogP contribution in [0.3, 0.4) is 0 Å². The molecule has 1 aliphatic rings. The lowest BCUT2D eigenvalue weighted by Crippen LogP contribution is -2.06. The van der Waals surface area contributed by atoms with E-state index < -0.39 is 6.10 Å². The fraction of sp³-hybridized carbons (Fsp3) is 0.300. The first-order valence-corrected chi connectivity index (χ1v) is 10.2. The number of nitrogens with zero attached hydrogens (tertiary/aromatic N) is 5. The van der Waals surface area contributed by atoms with E-state index in [9.17, 15) is 9.90 Å². The molecule has 0 saturated heterocycles. The maximum Gasteiger partial charge on any atom is 0.337 e. The quantitative estimate of drug-likeness (QED) is 0.492. The van der Waals surface area contributed by atoms with Gasteiger partial charge in [0.15, 0.2) is 0 Å². The van der Waals surface area contributed by atoms with Gasteiger partial charge in [-0.25, -0.2) is 14.5 Å². The van der Waals surface area contributed by atoms with Crippen molar-refractivity contribution in [3.8, 4) is 0 Å². The molecule has 148 valence electrons. The second kappa shape index (κ2) is 7.09. The van der Waals surface area contributed by atoms with E-state index in [1.54, 1.807) is 40.7 Å². The van der Waals surface area contributed by atoms with Crippen LogP contribution in [-0.2, 0) is 11.3 Å². The molecule has 1 unspecified atom stereocenters. The van der Waals surface area contributed by atoms with Gasteiger partial charge in [0.1, 0.15) is 23.0 Å². The summed E-state index contributed by atoms with van der Waals surface area (Å²) in [6.45, 7) is 0.487. The number of esters is 1. The first-order valence-electron chi connectivity index (χ1n) is 9.34. The second-order valence-corrected chi connectivity index (χ2v) is 8.22. The number of thiazole rings is 1. The lowest BCUT2D eigenvalue weighted by Gasteiger charge is -2.09. The number of imidazole rings is 1. The van der Waals surface area contributed by atoms with Gasteiger partial charge < -0.3 is 9.84 Å². The minimum absolute atomic E-state index is 0.365. The summed E-state index contributed by atoms with van der Waals surface area (Å²) in [5.74, 6) is 0.156. The molecule has 0 spiro atoms. The molecule has 8 nitrogen and oxygen atoms in total. The smallest absolute Gasteiger partial charge is 0.337 e. The number of fused-ring (bicyclic) bond motifs is 1. The maximum absolute atomic E-state index is 11.5. The molecule has 1 aromatic carbocycles. The number of aliphatic hydroxyl groups is 1. The Morgan fingerprint density at radius 3 is 2.86 bits per heavy atom. The van der Waals surface area contributed by atoms with Gasteiger partial charge in [-0.3, -0.25) is 4.40 Å². The third kappa shape index (κ3) is 3.32. The zero-order valence-corrected chi connectivity index (χ0v) is 16.5. The third-order valence-electron chi connectivity index (χ3n) is 5.09. The highest BCUT2D eigenvalue weighted by atomic mass is 32.1. The van der Waals surface area contributed by atoms with E-state index >= 15 is 0 Å². The summed E-state index contributed by atoms with van der Waals surface area (Å²) in [4.78, 5) is 18.0. The van der Waals surface area contributed by atoms with E-state index in [2.05, 4.69) is 15.3 Å². The highest BCUT2D eigenvalue weighted by molar-refractivity contribution is 7.17. The molecule has 0 bridgehead atoms. The van der Waals surface area contributed by atoms with E-state index in [-0.39, 0.29) is 5.97 Å². The molecule has 3 heterocycles. The van der Waals surface area contributed by atoms with Crippen LogP contribution in [0.15, 0.2) is 43.0 Å². The average Bonchev–Trinajstić information content (AvgIpc) is 3.13. The molecule has 5 rings (SSSR count). The monoisotopic (exact) mass is 409 g/mol. The summed E-state index contributed by atoms with van der Waals surface area (Å²) in [7, 11) is 1.36. The predicted octanol–water partition coefficient (Wildman–Crippen LogP) is 2.78. The summed E-state index contributed by atoms with van der Waals surface area (Å²) in [6, 6.07) is 7.14. The highest BCUT2D eigenvalue weighted by Crippen LogP contribution is 2.47. The first kappa shape index (κ1) is 18.0. The summed E-state index contributed by atoms with van der Waals surface area (Å²) in [5.41, 5.74) is 2.82. The number of carbonyl (C=O) groups is 1. The minimum atomic E-state index is -0.857. The van der Waals surface area contributed by atoms with Crippen LogP contribution in [0.2, 0.25) is 0 Å². The van der Waals surface area contributed by atoms with Crippen molar-refractivity contribution < 1.29 is 14.6 Å². The topological polar surface area (TPSA) is 94.5 Å². The van der Waals surface area contributed by atoms with Crippen LogP contribution in [0.1, 0.15) is 57.0 Å². The van der Waals surface area contributed by atoms with Gasteiger partial charge in [-0.05, 0) is 36.5 Å². The number of aliphatic hydroxyl groups excluding tert-OH is 1. The molecule has 4 aromatic rings. The Morgan fingerprint density at radius 2 is 2.14 bits per heavy atom. The molecule has 9 heteroatoms. The van der Waals surface area contributed by atoms with Gasteiger partial charge in [0.25, 0.3) is 0 Å². The molecule has 0 amide bonds. The largest absolute Gasteiger partial charge is 0.465 e. The molecular weight excluding hydrogens is 390 g/mol. The minimum Gasteiger partial charge on any atom is -0.465 e. The second-order valence-electron chi connectivity index (χ2n) is 7.16. The van der Waals surface area contributed by atoms with E-state index in [4.69, 9.17) is 4.74 Å². The molecule has 1 saturated carbocycles. The molecule has 1 N–H and O–H groups in total. The van der Waals surface area contributed by atoms with Gasteiger partial charge in [0, 0.05) is 4.88 Å². The Kier molecular flexibility index (Phi) is 4.40. The van der Waals surface area contributed by atoms with Gasteiger partial charge in [-0.15, -0.1) is 16.4 Å². The van der Waals surface area contributed by atoms with Crippen LogP contribution in [0.5, 0.6) is 0 Å². The summed E-state index contributed by atoms with van der Waals surface area (Å²) in [6.07, 6.45) is 6.78. The van der Waals surface area contributed by atoms with Crippen LogP contribution < -0.4 is 0 Å². The van der Waals surface area contributed by atoms with Crippen LogP contribution in [-0.4, -0.2) is 42.6 Å². The zero-order chi connectivity index (χ0) is 20.0.